The monoisotopic (exact) mass is 244 g/mol. The van der Waals surface area contributed by atoms with Crippen molar-refractivity contribution in [3.63, 3.8) is 0 Å². The molecule has 98 valence electrons. The van der Waals surface area contributed by atoms with Gasteiger partial charge >= 0.3 is 0 Å². The highest BCUT2D eigenvalue weighted by atomic mass is 16.5. The highest BCUT2D eigenvalue weighted by Crippen LogP contribution is 2.09. The molecule has 0 aromatic heterocycles. The van der Waals surface area contributed by atoms with Gasteiger partial charge in [-0.2, -0.15) is 0 Å². The molecule has 1 rings (SSSR count). The summed E-state index contributed by atoms with van der Waals surface area (Å²) >= 11 is 0. The average Bonchev–Trinajstić information content (AvgIpc) is 2.70. The number of amides is 2. The van der Waals surface area contributed by atoms with Crippen LogP contribution in [0, 0.1) is 0 Å². The molecule has 2 atom stereocenters. The van der Waals surface area contributed by atoms with Crippen molar-refractivity contribution in [2.24, 2.45) is 0 Å². The zero-order chi connectivity index (χ0) is 12.9. The van der Waals surface area contributed by atoms with Gasteiger partial charge in [-0.3, -0.25) is 9.59 Å². The number of methoxy groups -OCH3 is 1. The van der Waals surface area contributed by atoms with Gasteiger partial charge in [0.25, 0.3) is 0 Å². The fourth-order valence-electron chi connectivity index (χ4n) is 1.62. The molecule has 0 aromatic rings. The Bertz CT molecular complexity index is 291. The number of rotatable bonds is 6. The molecule has 1 saturated heterocycles. The van der Waals surface area contributed by atoms with Gasteiger partial charge in [0.1, 0.15) is 6.04 Å². The van der Waals surface area contributed by atoms with Crippen molar-refractivity contribution in [1.29, 1.82) is 0 Å². The van der Waals surface area contributed by atoms with Crippen molar-refractivity contribution in [1.82, 2.24) is 10.6 Å². The Balaban J connectivity index is 2.29. The quantitative estimate of drug-likeness (QED) is 0.569. The molecule has 1 aliphatic rings. The Labute approximate surface area is 101 Å². The number of hydrogen-bond acceptors (Lipinski definition) is 4. The SMILES string of the molecule is COCCC(C)(O)CNC(=O)[C@H]1CCC(=O)N1. The van der Waals surface area contributed by atoms with Crippen LogP contribution in [0.2, 0.25) is 0 Å². The minimum Gasteiger partial charge on any atom is -0.388 e. The van der Waals surface area contributed by atoms with E-state index in [1.807, 2.05) is 0 Å². The lowest BCUT2D eigenvalue weighted by Gasteiger charge is -2.24. The van der Waals surface area contributed by atoms with Gasteiger partial charge in [0.05, 0.1) is 5.60 Å². The molecule has 0 aromatic carbocycles. The van der Waals surface area contributed by atoms with Gasteiger partial charge in [-0.05, 0) is 13.3 Å². The standard InChI is InChI=1S/C11H20N2O4/c1-11(16,5-6-17-2)7-12-10(15)8-3-4-9(14)13-8/h8,16H,3-7H2,1-2H3,(H,12,15)(H,13,14)/t8-,11?/m1/s1. The number of hydrogen-bond donors (Lipinski definition) is 3. The Morgan fingerprint density at radius 2 is 2.41 bits per heavy atom. The molecule has 0 saturated carbocycles. The molecule has 3 N–H and O–H groups in total. The minimum absolute atomic E-state index is 0.101. The first-order valence-corrected chi connectivity index (χ1v) is 5.73. The fraction of sp³-hybridized carbons (Fsp3) is 0.818. The van der Waals surface area contributed by atoms with E-state index in [9.17, 15) is 14.7 Å². The van der Waals surface area contributed by atoms with Crippen molar-refractivity contribution < 1.29 is 19.4 Å². The maximum atomic E-state index is 11.6. The van der Waals surface area contributed by atoms with Gasteiger partial charge in [-0.25, -0.2) is 0 Å². The van der Waals surface area contributed by atoms with Crippen LogP contribution >= 0.6 is 0 Å². The maximum Gasteiger partial charge on any atom is 0.242 e. The molecule has 0 aliphatic carbocycles. The summed E-state index contributed by atoms with van der Waals surface area (Å²) in [5, 5.41) is 15.1. The largest absolute Gasteiger partial charge is 0.388 e. The second-order valence-corrected chi connectivity index (χ2v) is 4.62. The lowest BCUT2D eigenvalue weighted by Crippen LogP contribution is -2.47. The first-order valence-electron chi connectivity index (χ1n) is 5.73. The highest BCUT2D eigenvalue weighted by Gasteiger charge is 2.28. The van der Waals surface area contributed by atoms with Crippen LogP contribution in [-0.4, -0.2) is 48.8 Å². The predicted molar refractivity (Wildman–Crippen MR) is 61.3 cm³/mol. The van der Waals surface area contributed by atoms with Crippen LogP contribution in [0.15, 0.2) is 0 Å². The third kappa shape index (κ3) is 4.70. The number of carbonyl (C=O) groups excluding carboxylic acids is 2. The summed E-state index contributed by atoms with van der Waals surface area (Å²) in [5.41, 5.74) is -0.992. The van der Waals surface area contributed by atoms with E-state index in [1.165, 1.54) is 0 Å². The lowest BCUT2D eigenvalue weighted by molar-refractivity contribution is -0.126. The van der Waals surface area contributed by atoms with Crippen LogP contribution in [0.3, 0.4) is 0 Å². The van der Waals surface area contributed by atoms with Crippen molar-refractivity contribution in [2.45, 2.75) is 37.8 Å². The van der Waals surface area contributed by atoms with Gasteiger partial charge in [0.2, 0.25) is 11.8 Å². The summed E-state index contributed by atoms with van der Waals surface area (Å²) in [5.74, 6) is -0.343. The molecule has 0 bridgehead atoms. The maximum absolute atomic E-state index is 11.6. The van der Waals surface area contributed by atoms with Crippen molar-refractivity contribution in [3.05, 3.63) is 0 Å². The third-order valence-corrected chi connectivity index (χ3v) is 2.80. The summed E-state index contributed by atoms with van der Waals surface area (Å²) in [6.07, 6.45) is 1.35. The van der Waals surface area contributed by atoms with E-state index < -0.39 is 11.6 Å². The summed E-state index contributed by atoms with van der Waals surface area (Å²) in [6, 6.07) is -0.458. The average molecular weight is 244 g/mol. The number of carbonyl (C=O) groups is 2. The lowest BCUT2D eigenvalue weighted by atomic mass is 10.0. The molecule has 1 aliphatic heterocycles. The van der Waals surface area contributed by atoms with Crippen molar-refractivity contribution >= 4 is 11.8 Å². The smallest absolute Gasteiger partial charge is 0.242 e. The predicted octanol–water partition coefficient (Wildman–Crippen LogP) is -0.831. The van der Waals surface area contributed by atoms with Crippen LogP contribution in [0.4, 0.5) is 0 Å². The zero-order valence-electron chi connectivity index (χ0n) is 10.3. The van der Waals surface area contributed by atoms with Crippen LogP contribution in [-0.2, 0) is 14.3 Å². The Morgan fingerprint density at radius 3 is 2.94 bits per heavy atom. The van der Waals surface area contributed by atoms with Gasteiger partial charge < -0.3 is 20.5 Å². The molecule has 0 spiro atoms. The second-order valence-electron chi connectivity index (χ2n) is 4.62. The molecule has 0 radical (unpaired) electrons. The van der Waals surface area contributed by atoms with Crippen LogP contribution in [0.25, 0.3) is 0 Å². The Hall–Kier alpha value is -1.14. The fourth-order valence-corrected chi connectivity index (χ4v) is 1.62. The van der Waals surface area contributed by atoms with Crippen molar-refractivity contribution in [2.75, 3.05) is 20.3 Å². The van der Waals surface area contributed by atoms with Crippen LogP contribution in [0.5, 0.6) is 0 Å². The van der Waals surface area contributed by atoms with Gasteiger partial charge in [0, 0.05) is 33.1 Å². The van der Waals surface area contributed by atoms with Crippen LogP contribution < -0.4 is 10.6 Å². The molecule has 2 amide bonds. The van der Waals surface area contributed by atoms with E-state index in [0.717, 1.165) is 0 Å². The van der Waals surface area contributed by atoms with Crippen LogP contribution in [0.1, 0.15) is 26.2 Å². The van der Waals surface area contributed by atoms with Crippen molar-refractivity contribution in [3.8, 4) is 0 Å². The number of aliphatic hydroxyl groups is 1. The first-order chi connectivity index (χ1) is 7.94. The molecule has 17 heavy (non-hydrogen) atoms. The zero-order valence-corrected chi connectivity index (χ0v) is 10.3. The van der Waals surface area contributed by atoms with E-state index in [0.29, 0.717) is 25.9 Å². The third-order valence-electron chi connectivity index (χ3n) is 2.80. The van der Waals surface area contributed by atoms with E-state index in [2.05, 4.69) is 10.6 Å². The summed E-state index contributed by atoms with van der Waals surface area (Å²) in [7, 11) is 1.56. The minimum atomic E-state index is -0.992. The molecular weight excluding hydrogens is 224 g/mol. The number of nitrogens with one attached hydrogen (secondary N) is 2. The molecular formula is C11H20N2O4. The topological polar surface area (TPSA) is 87.7 Å². The van der Waals surface area contributed by atoms with E-state index >= 15 is 0 Å². The summed E-state index contributed by atoms with van der Waals surface area (Å²) in [4.78, 5) is 22.6. The van der Waals surface area contributed by atoms with E-state index in [1.54, 1.807) is 14.0 Å². The molecule has 6 nitrogen and oxygen atoms in total. The van der Waals surface area contributed by atoms with Gasteiger partial charge in [-0.15, -0.1) is 0 Å². The Morgan fingerprint density at radius 1 is 1.71 bits per heavy atom. The molecule has 1 heterocycles. The summed E-state index contributed by atoms with van der Waals surface area (Å²) < 4.78 is 4.87. The molecule has 1 unspecified atom stereocenters. The highest BCUT2D eigenvalue weighted by molar-refractivity contribution is 5.90. The number of ether oxygens (including phenoxy) is 1. The van der Waals surface area contributed by atoms with Gasteiger partial charge in [-0.1, -0.05) is 0 Å². The van der Waals surface area contributed by atoms with E-state index in [-0.39, 0.29) is 18.4 Å². The Kier molecular flexibility index (Phi) is 4.89. The first kappa shape index (κ1) is 13.9. The van der Waals surface area contributed by atoms with E-state index in [4.69, 9.17) is 4.74 Å². The normalized spacial score (nSPS) is 23.0. The second kappa shape index (κ2) is 5.97. The van der Waals surface area contributed by atoms with Gasteiger partial charge in [0.15, 0.2) is 0 Å². The summed E-state index contributed by atoms with van der Waals surface area (Å²) in [6.45, 7) is 2.23. The molecule has 1 fully saturated rings. The molecule has 6 heteroatoms.